The van der Waals surface area contributed by atoms with E-state index in [1.165, 1.54) is 18.4 Å². The van der Waals surface area contributed by atoms with Crippen LogP contribution < -0.4 is 10.2 Å². The molecular formula is C27H38N8O2. The highest BCUT2D eigenvalue weighted by Gasteiger charge is 2.19. The van der Waals surface area contributed by atoms with Gasteiger partial charge < -0.3 is 20.4 Å². The first-order valence-corrected chi connectivity index (χ1v) is 13.5. The monoisotopic (exact) mass is 506 g/mol. The molecule has 2 aliphatic rings. The Morgan fingerprint density at radius 1 is 0.919 bits per heavy atom. The fourth-order valence-electron chi connectivity index (χ4n) is 5.10. The SMILES string of the molecule is C[C@@H](O)c1cc2cnc(Nc3ccc(CN4CCN(CCO)CC4)cn3)nc2c(N2CCCCCC2)n1. The molecule has 1 atom stereocenters. The summed E-state index contributed by atoms with van der Waals surface area (Å²) in [6.07, 6.45) is 7.77. The molecule has 0 unspecified atom stereocenters. The maximum atomic E-state index is 10.2. The number of nitrogens with one attached hydrogen (secondary N) is 1. The van der Waals surface area contributed by atoms with Crippen molar-refractivity contribution in [1.29, 1.82) is 0 Å². The molecule has 3 aromatic heterocycles. The Kier molecular flexibility index (Phi) is 8.40. The maximum Gasteiger partial charge on any atom is 0.229 e. The predicted molar refractivity (Wildman–Crippen MR) is 145 cm³/mol. The molecule has 0 spiro atoms. The van der Waals surface area contributed by atoms with Crippen LogP contribution >= 0.6 is 0 Å². The van der Waals surface area contributed by atoms with Gasteiger partial charge in [0.1, 0.15) is 11.3 Å². The number of hydrogen-bond acceptors (Lipinski definition) is 10. The largest absolute Gasteiger partial charge is 0.395 e. The van der Waals surface area contributed by atoms with Gasteiger partial charge in [-0.15, -0.1) is 0 Å². The van der Waals surface area contributed by atoms with E-state index in [0.717, 1.165) is 81.9 Å². The fourth-order valence-corrected chi connectivity index (χ4v) is 5.10. The van der Waals surface area contributed by atoms with Gasteiger partial charge >= 0.3 is 0 Å². The third-order valence-electron chi connectivity index (χ3n) is 7.25. The summed E-state index contributed by atoms with van der Waals surface area (Å²) in [6.45, 7) is 9.42. The van der Waals surface area contributed by atoms with Crippen molar-refractivity contribution in [2.45, 2.75) is 45.3 Å². The quantitative estimate of drug-likeness (QED) is 0.421. The van der Waals surface area contributed by atoms with E-state index in [2.05, 4.69) is 36.1 Å². The molecule has 10 heteroatoms. The zero-order valence-electron chi connectivity index (χ0n) is 21.7. The number of fused-ring (bicyclic) bond motifs is 1. The topological polar surface area (TPSA) is 114 Å². The average molecular weight is 507 g/mol. The second-order valence-corrected chi connectivity index (χ2v) is 10.1. The van der Waals surface area contributed by atoms with E-state index in [9.17, 15) is 5.11 Å². The number of aromatic nitrogens is 4. The Labute approximate surface area is 218 Å². The van der Waals surface area contributed by atoms with Crippen LogP contribution in [0.4, 0.5) is 17.6 Å². The molecule has 0 amide bonds. The van der Waals surface area contributed by atoms with Crippen LogP contribution in [0.2, 0.25) is 0 Å². The van der Waals surface area contributed by atoms with E-state index in [-0.39, 0.29) is 6.61 Å². The number of pyridine rings is 2. The summed E-state index contributed by atoms with van der Waals surface area (Å²) in [5, 5.41) is 23.5. The summed E-state index contributed by atoms with van der Waals surface area (Å²) in [6, 6.07) is 5.94. The Bertz CT molecular complexity index is 1160. The predicted octanol–water partition coefficient (Wildman–Crippen LogP) is 2.71. The van der Waals surface area contributed by atoms with Crippen LogP contribution in [-0.4, -0.2) is 92.4 Å². The lowest BCUT2D eigenvalue weighted by atomic mass is 10.2. The van der Waals surface area contributed by atoms with Crippen LogP contribution in [0.3, 0.4) is 0 Å². The molecule has 0 aromatic carbocycles. The van der Waals surface area contributed by atoms with Crippen molar-refractivity contribution in [2.75, 3.05) is 62.6 Å². The van der Waals surface area contributed by atoms with Crippen LogP contribution in [0, 0.1) is 0 Å². The van der Waals surface area contributed by atoms with Crippen molar-refractivity contribution < 1.29 is 10.2 Å². The second kappa shape index (κ2) is 12.1. The van der Waals surface area contributed by atoms with Gasteiger partial charge in [-0.3, -0.25) is 9.80 Å². The molecule has 37 heavy (non-hydrogen) atoms. The first-order chi connectivity index (χ1) is 18.1. The summed E-state index contributed by atoms with van der Waals surface area (Å²) >= 11 is 0. The molecule has 2 aliphatic heterocycles. The van der Waals surface area contributed by atoms with Gasteiger partial charge in [0, 0.05) is 70.1 Å². The number of anilines is 3. The van der Waals surface area contributed by atoms with Gasteiger partial charge in [-0.1, -0.05) is 18.9 Å². The fraction of sp³-hybridized carbons (Fsp3) is 0.556. The number of hydrogen-bond donors (Lipinski definition) is 3. The number of β-amino-alcohol motifs (C(OH)–C–C–N with tert-alkyl or cyclic N) is 1. The maximum absolute atomic E-state index is 10.2. The van der Waals surface area contributed by atoms with E-state index < -0.39 is 6.10 Å². The minimum absolute atomic E-state index is 0.221. The van der Waals surface area contributed by atoms with Gasteiger partial charge in [0.2, 0.25) is 5.95 Å². The first kappa shape index (κ1) is 25.7. The van der Waals surface area contributed by atoms with E-state index in [4.69, 9.17) is 15.1 Å². The smallest absolute Gasteiger partial charge is 0.229 e. The van der Waals surface area contributed by atoms with Crippen LogP contribution in [0.15, 0.2) is 30.6 Å². The van der Waals surface area contributed by atoms with Gasteiger partial charge in [-0.2, -0.15) is 0 Å². The number of aliphatic hydroxyl groups excluding tert-OH is 2. The summed E-state index contributed by atoms with van der Waals surface area (Å²) in [4.78, 5) is 25.8. The Morgan fingerprint density at radius 3 is 2.35 bits per heavy atom. The van der Waals surface area contributed by atoms with Gasteiger partial charge in [0.25, 0.3) is 0 Å². The normalized spacial score (nSPS) is 18.6. The summed E-state index contributed by atoms with van der Waals surface area (Å²) in [5.41, 5.74) is 2.60. The number of nitrogens with zero attached hydrogens (tertiary/aromatic N) is 7. The van der Waals surface area contributed by atoms with Crippen LogP contribution in [-0.2, 0) is 6.54 Å². The lowest BCUT2D eigenvalue weighted by molar-refractivity contribution is 0.108. The minimum atomic E-state index is -0.653. The van der Waals surface area contributed by atoms with Crippen molar-refractivity contribution >= 4 is 28.5 Å². The van der Waals surface area contributed by atoms with Crippen molar-refractivity contribution in [3.63, 3.8) is 0 Å². The molecule has 0 bridgehead atoms. The van der Waals surface area contributed by atoms with Gasteiger partial charge in [0.15, 0.2) is 5.82 Å². The van der Waals surface area contributed by atoms with Crippen LogP contribution in [0.5, 0.6) is 0 Å². The first-order valence-electron chi connectivity index (χ1n) is 13.5. The molecule has 5 heterocycles. The minimum Gasteiger partial charge on any atom is -0.395 e. The van der Waals surface area contributed by atoms with E-state index in [1.54, 1.807) is 13.1 Å². The Hall–Kier alpha value is -2.92. The molecule has 2 fully saturated rings. The number of aliphatic hydroxyl groups is 2. The number of rotatable bonds is 8. The highest BCUT2D eigenvalue weighted by Crippen LogP contribution is 2.29. The molecule has 3 aromatic rings. The zero-order valence-corrected chi connectivity index (χ0v) is 21.7. The molecule has 0 aliphatic carbocycles. The third-order valence-corrected chi connectivity index (χ3v) is 7.25. The lowest BCUT2D eigenvalue weighted by Crippen LogP contribution is -2.46. The molecule has 198 valence electrons. The molecule has 2 saturated heterocycles. The highest BCUT2D eigenvalue weighted by atomic mass is 16.3. The third kappa shape index (κ3) is 6.51. The molecule has 5 rings (SSSR count). The van der Waals surface area contributed by atoms with E-state index >= 15 is 0 Å². The highest BCUT2D eigenvalue weighted by molar-refractivity contribution is 5.89. The van der Waals surface area contributed by atoms with Gasteiger partial charge in [-0.25, -0.2) is 19.9 Å². The van der Waals surface area contributed by atoms with Gasteiger partial charge in [-0.05, 0) is 37.5 Å². The summed E-state index contributed by atoms with van der Waals surface area (Å²) in [5.74, 6) is 2.00. The Balaban J connectivity index is 1.30. The van der Waals surface area contributed by atoms with E-state index in [0.29, 0.717) is 17.5 Å². The average Bonchev–Trinajstić information content (AvgIpc) is 3.20. The molecule has 0 saturated carbocycles. The molecule has 3 N–H and O–H groups in total. The second-order valence-electron chi connectivity index (χ2n) is 10.1. The summed E-state index contributed by atoms with van der Waals surface area (Å²) < 4.78 is 0. The number of piperazine rings is 1. The van der Waals surface area contributed by atoms with Crippen molar-refractivity contribution in [1.82, 2.24) is 29.7 Å². The molecule has 10 nitrogen and oxygen atoms in total. The lowest BCUT2D eigenvalue weighted by Gasteiger charge is -2.34. The standard InChI is InChI=1S/C27H38N8O2/c1-20(37)23-16-22-18-29-27(32-25(22)26(30-23)35-8-4-2-3-5-9-35)31-24-7-6-21(17-28-24)19-34-12-10-33(11-13-34)14-15-36/h6-7,16-18,20,36-37H,2-5,8-15,19H2,1H3,(H,28,29,31,32)/t20-/m1/s1. The summed E-state index contributed by atoms with van der Waals surface area (Å²) in [7, 11) is 0. The molecule has 0 radical (unpaired) electrons. The van der Waals surface area contributed by atoms with Crippen LogP contribution in [0.1, 0.15) is 50.0 Å². The van der Waals surface area contributed by atoms with E-state index in [1.807, 2.05) is 18.3 Å². The van der Waals surface area contributed by atoms with Crippen LogP contribution in [0.25, 0.3) is 10.9 Å². The van der Waals surface area contributed by atoms with Crippen molar-refractivity contribution in [2.24, 2.45) is 0 Å². The Morgan fingerprint density at radius 2 is 1.68 bits per heavy atom. The van der Waals surface area contributed by atoms with Crippen molar-refractivity contribution in [3.8, 4) is 0 Å². The molecular weight excluding hydrogens is 468 g/mol. The van der Waals surface area contributed by atoms with Gasteiger partial charge in [0.05, 0.1) is 18.4 Å². The zero-order chi connectivity index (χ0) is 25.6. The van der Waals surface area contributed by atoms with Crippen molar-refractivity contribution in [3.05, 3.63) is 41.9 Å².